The molecule has 29 valence electrons. The van der Waals surface area contributed by atoms with E-state index < -0.39 is 15.1 Å². The zero-order valence-corrected chi connectivity index (χ0v) is 3.21. The van der Waals surface area contributed by atoms with Crippen LogP contribution < -0.4 is 0 Å². The Labute approximate surface area is 34.4 Å². The quantitative estimate of drug-likeness (QED) is 0.213. The van der Waals surface area contributed by atoms with E-state index in [1.807, 2.05) is 0 Å². The van der Waals surface area contributed by atoms with Crippen molar-refractivity contribution in [2.45, 2.75) is 0 Å². The molecule has 0 radical (unpaired) electrons. The molecule has 0 spiro atoms. The van der Waals surface area contributed by atoms with Crippen molar-refractivity contribution in [1.82, 2.24) is 0 Å². The van der Waals surface area contributed by atoms with E-state index >= 15 is 0 Å². The summed E-state index contributed by atoms with van der Waals surface area (Å²) in [6.07, 6.45) is 0. The van der Waals surface area contributed by atoms with Crippen molar-refractivity contribution >= 4 is 0 Å². The summed E-state index contributed by atoms with van der Waals surface area (Å²) in [6.45, 7) is 0. The van der Waals surface area contributed by atoms with Gasteiger partial charge in [0.15, 0.2) is 0 Å². The number of hydrogen-bond acceptors (Lipinski definition) is 1. The predicted molar refractivity (Wildman–Crippen MR) is 9.83 cm³/mol. The molecule has 0 aromatic carbocycles. The van der Waals surface area contributed by atoms with Crippen molar-refractivity contribution in [1.29, 1.82) is 0 Å². The average Bonchev–Trinajstić information content (AvgIpc) is 1.41. The van der Waals surface area contributed by atoms with Gasteiger partial charge in [-0.25, -0.2) is 0 Å². The van der Waals surface area contributed by atoms with Crippen molar-refractivity contribution in [2.75, 3.05) is 0 Å². The number of rotatable bonds is 1. The molecule has 0 amide bonds. The van der Waals surface area contributed by atoms with Crippen molar-refractivity contribution < 1.29 is 18.9 Å². The van der Waals surface area contributed by atoms with Crippen LogP contribution in [-0.4, -0.2) is 0 Å². The summed E-state index contributed by atoms with van der Waals surface area (Å²) in [5, 5.41) is 0. The van der Waals surface area contributed by atoms with Gasteiger partial charge in [-0.2, -0.15) is 0 Å². The average molecular weight is 114 g/mol. The molecule has 0 unspecified atom stereocenters. The van der Waals surface area contributed by atoms with Crippen LogP contribution in [0.25, 0.3) is 10.4 Å². The summed E-state index contributed by atoms with van der Waals surface area (Å²) >= 11 is -0.698. The Morgan fingerprint density at radius 3 is 2.60 bits per heavy atom. The number of nitrogens with zero attached hydrogens (tertiary/aromatic N) is 3. The van der Waals surface area contributed by atoms with Gasteiger partial charge in [-0.3, -0.25) is 0 Å². The molecule has 0 aromatic heterocycles. The summed E-state index contributed by atoms with van der Waals surface area (Å²) < 4.78 is 11.7. The van der Waals surface area contributed by atoms with E-state index in [2.05, 4.69) is 9.04 Å². The minimum atomic E-state index is -0.698. The summed E-state index contributed by atoms with van der Waals surface area (Å²) in [7, 11) is 0. The van der Waals surface area contributed by atoms with Crippen LogP contribution in [0.3, 0.4) is 0 Å². The zero-order valence-electron chi connectivity index (χ0n) is 2.10. The summed E-state index contributed by atoms with van der Waals surface area (Å²) in [5.41, 5.74) is 7.32. The second-order valence-corrected chi connectivity index (χ2v) is 0.647. The van der Waals surface area contributed by atoms with Crippen molar-refractivity contribution in [2.24, 2.45) is 4.13 Å². The fourth-order valence-electron chi connectivity index (χ4n) is 0.0129. The Hall–Kier alpha value is -0.371. The molecule has 0 rings (SSSR count). The Morgan fingerprint density at radius 1 is 2.00 bits per heavy atom. The molecule has 0 aliphatic heterocycles. The molecule has 0 saturated heterocycles. The molecule has 0 saturated carbocycles. The summed E-state index contributed by atoms with van der Waals surface area (Å²) in [6, 6.07) is 0. The third-order valence-electron chi connectivity index (χ3n) is 0.0605. The van der Waals surface area contributed by atoms with Gasteiger partial charge in [-0.1, -0.05) is 0 Å². The van der Waals surface area contributed by atoms with Crippen molar-refractivity contribution in [3.05, 3.63) is 10.4 Å². The van der Waals surface area contributed by atoms with E-state index in [4.69, 9.17) is 9.37 Å². The zero-order chi connectivity index (χ0) is 4.12. The van der Waals surface area contributed by atoms with Gasteiger partial charge in [-0.05, 0) is 0 Å². The van der Waals surface area contributed by atoms with Crippen LogP contribution in [0.15, 0.2) is 4.13 Å². The normalized spacial score (nSPS) is 5.60. The molecule has 0 atom stereocenters. The van der Waals surface area contributed by atoms with Crippen LogP contribution >= 0.6 is 0 Å². The van der Waals surface area contributed by atoms with E-state index in [1.54, 1.807) is 0 Å². The standard InChI is InChI=1S/Fe.N3.O/c;1-3-2;/q+1;-1;. The first kappa shape index (κ1) is 4.63. The molecule has 0 aliphatic carbocycles. The van der Waals surface area contributed by atoms with Crippen LogP contribution in [0.5, 0.6) is 0 Å². The Balaban J connectivity index is 3.31. The molecule has 0 fully saturated rings. The predicted octanol–water partition coefficient (Wildman–Crippen LogP) is 0.640. The first-order valence-corrected chi connectivity index (χ1v) is 1.65. The Bertz CT molecular complexity index is 71.0. The van der Waals surface area contributed by atoms with Crippen LogP contribution in [0.1, 0.15) is 0 Å². The van der Waals surface area contributed by atoms with E-state index in [9.17, 15) is 0 Å². The first-order valence-electron chi connectivity index (χ1n) is 0.702. The third kappa shape index (κ3) is 3.63. The molecule has 0 aliphatic rings. The van der Waals surface area contributed by atoms with Crippen LogP contribution in [-0.2, 0) is 18.9 Å². The van der Waals surface area contributed by atoms with Gasteiger partial charge in [0.2, 0.25) is 0 Å². The second kappa shape index (κ2) is 3.63. The Morgan fingerprint density at radius 2 is 2.60 bits per heavy atom. The molecular weight excluding hydrogens is 114 g/mol. The molecular formula is FeN3O. The molecule has 5 heteroatoms. The minimum absolute atomic E-state index is 0.698. The SMILES string of the molecule is [N-]=[N+]=[N][Fe]=[O]. The maximum atomic E-state index is 9.11. The van der Waals surface area contributed by atoms with Gasteiger partial charge in [-0.15, -0.1) is 0 Å². The second-order valence-electron chi connectivity index (χ2n) is 0.225. The topological polar surface area (TPSA) is 65.8 Å². The van der Waals surface area contributed by atoms with E-state index in [-0.39, 0.29) is 0 Å². The maximum absolute atomic E-state index is 9.11. The summed E-state index contributed by atoms with van der Waals surface area (Å²) in [4.78, 5) is 2.17. The Kier molecular flexibility index (Phi) is 3.36. The summed E-state index contributed by atoms with van der Waals surface area (Å²) in [5.74, 6) is 0. The van der Waals surface area contributed by atoms with E-state index in [1.165, 1.54) is 0 Å². The first-order chi connectivity index (χ1) is 2.41. The molecule has 0 heterocycles. The van der Waals surface area contributed by atoms with Gasteiger partial charge >= 0.3 is 33.5 Å². The van der Waals surface area contributed by atoms with Gasteiger partial charge in [0.25, 0.3) is 0 Å². The monoisotopic (exact) mass is 114 g/mol. The van der Waals surface area contributed by atoms with Crippen LogP contribution in [0.2, 0.25) is 0 Å². The molecule has 5 heavy (non-hydrogen) atoms. The number of hydrogen-bond donors (Lipinski definition) is 0. The fourth-order valence-corrected chi connectivity index (χ4v) is 0.0532. The molecule has 0 bridgehead atoms. The number of azide groups is 1. The van der Waals surface area contributed by atoms with E-state index in [0.717, 1.165) is 0 Å². The van der Waals surface area contributed by atoms with Gasteiger partial charge in [0, 0.05) is 0 Å². The molecule has 0 N–H and O–H groups in total. The molecule has 4 nitrogen and oxygen atoms in total. The van der Waals surface area contributed by atoms with Gasteiger partial charge in [0.05, 0.1) is 0 Å². The third-order valence-corrected chi connectivity index (χ3v) is 0.249. The van der Waals surface area contributed by atoms with Gasteiger partial charge < -0.3 is 0 Å². The van der Waals surface area contributed by atoms with Crippen molar-refractivity contribution in [3.63, 3.8) is 0 Å². The molecule has 0 aromatic rings. The van der Waals surface area contributed by atoms with Gasteiger partial charge in [0.1, 0.15) is 0 Å². The van der Waals surface area contributed by atoms with E-state index in [0.29, 0.717) is 0 Å². The van der Waals surface area contributed by atoms with Crippen molar-refractivity contribution in [3.8, 4) is 0 Å². The van der Waals surface area contributed by atoms with Crippen LogP contribution in [0, 0.1) is 0 Å². The fraction of sp³-hybridized carbons (Fsp3) is 0. The van der Waals surface area contributed by atoms with Crippen LogP contribution in [0.4, 0.5) is 0 Å².